The van der Waals surface area contributed by atoms with E-state index in [1.165, 1.54) is 16.7 Å². The highest BCUT2D eigenvalue weighted by molar-refractivity contribution is 5.46. The Hall–Kier alpha value is -3.06. The summed E-state index contributed by atoms with van der Waals surface area (Å²) in [6, 6.07) is 25.1. The average Bonchev–Trinajstić information content (AvgIpc) is 3.75. The van der Waals surface area contributed by atoms with Gasteiger partial charge < -0.3 is 28.4 Å². The van der Waals surface area contributed by atoms with Crippen molar-refractivity contribution in [2.75, 3.05) is 39.6 Å². The minimum absolute atomic E-state index is 0.0746. The van der Waals surface area contributed by atoms with Crippen molar-refractivity contribution < 1.29 is 28.4 Å². The normalized spacial score (nSPS) is 22.8. The highest BCUT2D eigenvalue weighted by Crippen LogP contribution is 2.35. The van der Waals surface area contributed by atoms with Crippen LogP contribution in [0.1, 0.15) is 29.0 Å². The molecular formula is C29H30O6. The molecule has 3 unspecified atom stereocenters. The van der Waals surface area contributed by atoms with Gasteiger partial charge in [0.05, 0.1) is 32.5 Å². The quantitative estimate of drug-likeness (QED) is 0.267. The van der Waals surface area contributed by atoms with Crippen LogP contribution >= 0.6 is 0 Å². The van der Waals surface area contributed by atoms with Crippen LogP contribution in [0.25, 0.3) is 0 Å². The second-order valence-corrected chi connectivity index (χ2v) is 9.27. The van der Waals surface area contributed by atoms with Crippen molar-refractivity contribution in [3.05, 3.63) is 89.5 Å². The molecule has 0 amide bonds. The van der Waals surface area contributed by atoms with Crippen LogP contribution in [0.2, 0.25) is 0 Å². The first kappa shape index (κ1) is 22.4. The lowest BCUT2D eigenvalue weighted by atomic mass is 9.85. The summed E-state index contributed by atoms with van der Waals surface area (Å²) >= 11 is 0. The Kier molecular flexibility index (Phi) is 6.58. The third-order valence-electron chi connectivity index (χ3n) is 6.43. The van der Waals surface area contributed by atoms with E-state index in [-0.39, 0.29) is 18.1 Å². The molecule has 3 aliphatic heterocycles. The smallest absolute Gasteiger partial charge is 0.119 e. The van der Waals surface area contributed by atoms with E-state index in [0.717, 1.165) is 43.5 Å². The van der Waals surface area contributed by atoms with Gasteiger partial charge in [-0.05, 0) is 53.1 Å². The summed E-state index contributed by atoms with van der Waals surface area (Å²) in [5, 5.41) is 0. The third kappa shape index (κ3) is 6.34. The van der Waals surface area contributed by atoms with Gasteiger partial charge >= 0.3 is 0 Å². The monoisotopic (exact) mass is 474 g/mol. The predicted molar refractivity (Wildman–Crippen MR) is 131 cm³/mol. The van der Waals surface area contributed by atoms with Crippen LogP contribution in [0, 0.1) is 0 Å². The second kappa shape index (κ2) is 10.3. The number of hydrogen-bond donors (Lipinski definition) is 0. The summed E-state index contributed by atoms with van der Waals surface area (Å²) in [5.41, 5.74) is 3.59. The zero-order chi connectivity index (χ0) is 23.5. The van der Waals surface area contributed by atoms with Crippen molar-refractivity contribution in [1.29, 1.82) is 0 Å². The number of rotatable bonds is 13. The standard InChI is InChI=1S/C29H30O6/c1-7-23(30-14-13-26-15-33-26)8-2-20(1)29(21-3-9-24(10-4-21)31-16-27-18-34-27)22-5-11-25(12-6-22)32-17-28-19-35-28/h1-12,26-29H,13-19H2. The topological polar surface area (TPSA) is 65.3 Å². The summed E-state index contributed by atoms with van der Waals surface area (Å²) in [6.07, 6.45) is 1.80. The fourth-order valence-corrected chi connectivity index (χ4v) is 4.10. The Morgan fingerprint density at radius 1 is 0.543 bits per heavy atom. The third-order valence-corrected chi connectivity index (χ3v) is 6.43. The first-order valence-electron chi connectivity index (χ1n) is 12.3. The molecule has 0 aromatic heterocycles. The van der Waals surface area contributed by atoms with Crippen molar-refractivity contribution in [2.24, 2.45) is 0 Å². The van der Waals surface area contributed by atoms with E-state index in [2.05, 4.69) is 48.5 Å². The molecule has 6 heteroatoms. The molecule has 0 aliphatic carbocycles. The van der Waals surface area contributed by atoms with E-state index < -0.39 is 0 Å². The van der Waals surface area contributed by atoms with E-state index >= 15 is 0 Å². The van der Waals surface area contributed by atoms with Gasteiger partial charge in [-0.1, -0.05) is 36.4 Å². The highest BCUT2D eigenvalue weighted by atomic mass is 16.6. The molecule has 0 spiro atoms. The zero-order valence-corrected chi connectivity index (χ0v) is 19.6. The largest absolute Gasteiger partial charge is 0.493 e. The molecule has 0 saturated carbocycles. The molecule has 35 heavy (non-hydrogen) atoms. The molecule has 3 aromatic rings. The SMILES string of the molecule is c1cc(C(c2ccc(OCC3CO3)cc2)c2ccc(OCC3CO3)cc2)ccc1OCCC1CO1. The van der Waals surface area contributed by atoms with Crippen LogP contribution in [0.3, 0.4) is 0 Å². The maximum absolute atomic E-state index is 5.90. The molecule has 0 radical (unpaired) electrons. The minimum atomic E-state index is 0.0746. The molecule has 0 bridgehead atoms. The molecule has 6 rings (SSSR count). The van der Waals surface area contributed by atoms with Gasteiger partial charge in [0.15, 0.2) is 0 Å². The highest BCUT2D eigenvalue weighted by Gasteiger charge is 2.24. The maximum atomic E-state index is 5.90. The van der Waals surface area contributed by atoms with E-state index in [4.69, 9.17) is 28.4 Å². The fraction of sp³-hybridized carbons (Fsp3) is 0.379. The summed E-state index contributed by atoms with van der Waals surface area (Å²) in [4.78, 5) is 0. The van der Waals surface area contributed by atoms with Gasteiger partial charge in [-0.15, -0.1) is 0 Å². The van der Waals surface area contributed by atoms with Gasteiger partial charge in [-0.3, -0.25) is 0 Å². The number of epoxide rings is 3. The summed E-state index contributed by atoms with van der Waals surface area (Å²) in [7, 11) is 0. The van der Waals surface area contributed by atoms with Crippen LogP contribution < -0.4 is 14.2 Å². The van der Waals surface area contributed by atoms with Crippen molar-refractivity contribution >= 4 is 0 Å². The first-order chi connectivity index (χ1) is 17.3. The molecule has 3 fully saturated rings. The summed E-state index contributed by atoms with van der Waals surface area (Å²) < 4.78 is 33.3. The van der Waals surface area contributed by atoms with Crippen LogP contribution in [0.4, 0.5) is 0 Å². The number of benzene rings is 3. The van der Waals surface area contributed by atoms with Crippen LogP contribution in [0.15, 0.2) is 72.8 Å². The molecule has 3 saturated heterocycles. The summed E-state index contributed by atoms with van der Waals surface area (Å²) in [6.45, 7) is 4.33. The van der Waals surface area contributed by atoms with Gasteiger partial charge in [0.25, 0.3) is 0 Å². The number of ether oxygens (including phenoxy) is 6. The van der Waals surface area contributed by atoms with Gasteiger partial charge in [0.1, 0.15) is 42.7 Å². The molecule has 3 atom stereocenters. The van der Waals surface area contributed by atoms with Crippen molar-refractivity contribution in [2.45, 2.75) is 30.7 Å². The van der Waals surface area contributed by atoms with E-state index in [1.807, 2.05) is 24.3 Å². The minimum Gasteiger partial charge on any atom is -0.493 e. The van der Waals surface area contributed by atoms with E-state index in [9.17, 15) is 0 Å². The number of hydrogen-bond acceptors (Lipinski definition) is 6. The van der Waals surface area contributed by atoms with E-state index in [0.29, 0.717) is 25.9 Å². The van der Waals surface area contributed by atoms with Gasteiger partial charge in [-0.2, -0.15) is 0 Å². The predicted octanol–water partition coefficient (Wildman–Crippen LogP) is 4.59. The molecule has 3 aromatic carbocycles. The lowest BCUT2D eigenvalue weighted by molar-refractivity contribution is 0.263. The molecular weight excluding hydrogens is 444 g/mol. The lowest BCUT2D eigenvalue weighted by Gasteiger charge is -2.20. The summed E-state index contributed by atoms with van der Waals surface area (Å²) in [5.74, 6) is 2.67. The first-order valence-corrected chi connectivity index (χ1v) is 12.3. The van der Waals surface area contributed by atoms with E-state index in [1.54, 1.807) is 0 Å². The van der Waals surface area contributed by atoms with Crippen molar-refractivity contribution in [1.82, 2.24) is 0 Å². The van der Waals surface area contributed by atoms with Gasteiger partial charge in [-0.25, -0.2) is 0 Å². The van der Waals surface area contributed by atoms with Crippen molar-refractivity contribution in [3.63, 3.8) is 0 Å². The Morgan fingerprint density at radius 2 is 0.914 bits per heavy atom. The zero-order valence-electron chi connectivity index (χ0n) is 19.6. The lowest BCUT2D eigenvalue weighted by Crippen LogP contribution is -2.07. The molecule has 182 valence electrons. The Bertz CT molecular complexity index is 1020. The Balaban J connectivity index is 1.20. The Labute approximate surface area is 205 Å². The molecule has 3 aliphatic rings. The van der Waals surface area contributed by atoms with Crippen LogP contribution in [-0.4, -0.2) is 58.0 Å². The van der Waals surface area contributed by atoms with Crippen molar-refractivity contribution in [3.8, 4) is 17.2 Å². The van der Waals surface area contributed by atoms with Gasteiger partial charge in [0, 0.05) is 12.3 Å². The fourth-order valence-electron chi connectivity index (χ4n) is 4.10. The maximum Gasteiger partial charge on any atom is 0.119 e. The average molecular weight is 475 g/mol. The van der Waals surface area contributed by atoms with Crippen LogP contribution in [0.5, 0.6) is 17.2 Å². The Morgan fingerprint density at radius 3 is 1.29 bits per heavy atom. The second-order valence-electron chi connectivity index (χ2n) is 9.27. The molecule has 0 N–H and O–H groups in total. The molecule has 6 nitrogen and oxygen atoms in total. The van der Waals surface area contributed by atoms with Gasteiger partial charge in [0.2, 0.25) is 0 Å². The van der Waals surface area contributed by atoms with Crippen LogP contribution in [-0.2, 0) is 14.2 Å². The molecule has 3 heterocycles.